The van der Waals surface area contributed by atoms with Gasteiger partial charge in [0.1, 0.15) is 0 Å². The molecule has 2 aromatic rings. The molecule has 1 aliphatic rings. The number of carbonyl (C=O) groups excluding carboxylic acids is 2. The first-order chi connectivity index (χ1) is 12.9. The highest BCUT2D eigenvalue weighted by Crippen LogP contribution is 2.38. The second kappa shape index (κ2) is 7.70. The molecule has 27 heavy (non-hydrogen) atoms. The van der Waals surface area contributed by atoms with Gasteiger partial charge in [-0.1, -0.05) is 24.3 Å². The normalized spacial score (nSPS) is 18.3. The predicted octanol–water partition coefficient (Wildman–Crippen LogP) is 2.79. The van der Waals surface area contributed by atoms with Gasteiger partial charge in [0.05, 0.1) is 12.5 Å². The monoisotopic (exact) mass is 368 g/mol. The summed E-state index contributed by atoms with van der Waals surface area (Å²) >= 11 is 0. The van der Waals surface area contributed by atoms with Crippen LogP contribution in [-0.4, -0.2) is 25.5 Å². The number of amides is 2. The maximum atomic E-state index is 13.1. The van der Waals surface area contributed by atoms with E-state index in [0.717, 1.165) is 24.8 Å². The molecule has 0 fully saturated rings. The molecule has 0 radical (unpaired) electrons. The fraction of sp³-hybridized carbons (Fsp3) is 0.333. The van der Waals surface area contributed by atoms with Gasteiger partial charge < -0.3 is 20.5 Å². The number of nitrogens with one attached hydrogen (secondary N) is 1. The molecule has 0 spiro atoms. The second-order valence-electron chi connectivity index (χ2n) is 6.92. The van der Waals surface area contributed by atoms with Gasteiger partial charge in [0, 0.05) is 11.8 Å². The lowest BCUT2D eigenvalue weighted by Crippen LogP contribution is -2.40. The molecule has 0 saturated heterocycles. The average Bonchev–Trinajstić information content (AvgIpc) is 2.67. The van der Waals surface area contributed by atoms with E-state index in [4.69, 9.17) is 15.2 Å². The fourth-order valence-electron chi connectivity index (χ4n) is 3.56. The van der Waals surface area contributed by atoms with Crippen LogP contribution in [0.25, 0.3) is 0 Å². The van der Waals surface area contributed by atoms with Gasteiger partial charge in [-0.25, -0.2) is 0 Å². The highest BCUT2D eigenvalue weighted by Gasteiger charge is 2.38. The van der Waals surface area contributed by atoms with E-state index in [1.165, 1.54) is 12.7 Å². The minimum atomic E-state index is -0.594. The Kier molecular flexibility index (Phi) is 5.35. The van der Waals surface area contributed by atoms with Crippen molar-refractivity contribution in [2.75, 3.05) is 19.0 Å². The van der Waals surface area contributed by atoms with Gasteiger partial charge in [-0.05, 0) is 49.4 Å². The topological polar surface area (TPSA) is 90.7 Å². The molecule has 6 nitrogen and oxygen atoms in total. The Morgan fingerprint density at radius 1 is 1.19 bits per heavy atom. The summed E-state index contributed by atoms with van der Waals surface area (Å²) in [5.41, 5.74) is 7.42. The largest absolute Gasteiger partial charge is 0.493 e. The van der Waals surface area contributed by atoms with E-state index in [2.05, 4.69) is 11.4 Å². The summed E-state index contributed by atoms with van der Waals surface area (Å²) in [5.74, 6) is 0.158. The summed E-state index contributed by atoms with van der Waals surface area (Å²) in [6.07, 6.45) is 2.75. The summed E-state index contributed by atoms with van der Waals surface area (Å²) < 4.78 is 10.6. The minimum Gasteiger partial charge on any atom is -0.493 e. The van der Waals surface area contributed by atoms with Crippen molar-refractivity contribution in [3.05, 3.63) is 53.6 Å². The van der Waals surface area contributed by atoms with Crippen LogP contribution in [0.1, 0.15) is 30.9 Å². The molecule has 0 aromatic heterocycles. The van der Waals surface area contributed by atoms with E-state index in [1.807, 2.05) is 25.1 Å². The minimum absolute atomic E-state index is 0.0688. The third kappa shape index (κ3) is 3.89. The van der Waals surface area contributed by atoms with Gasteiger partial charge in [0.25, 0.3) is 5.91 Å². The van der Waals surface area contributed by atoms with Gasteiger partial charge in [-0.15, -0.1) is 0 Å². The van der Waals surface area contributed by atoms with Crippen molar-refractivity contribution in [2.45, 2.75) is 31.6 Å². The highest BCUT2D eigenvalue weighted by molar-refractivity contribution is 5.99. The second-order valence-corrected chi connectivity index (χ2v) is 6.92. The Balaban J connectivity index is 1.84. The van der Waals surface area contributed by atoms with Crippen LogP contribution in [0.3, 0.4) is 0 Å². The molecule has 1 aliphatic carbocycles. The number of carbonyl (C=O) groups is 2. The van der Waals surface area contributed by atoms with Crippen LogP contribution >= 0.6 is 0 Å². The van der Waals surface area contributed by atoms with E-state index in [1.54, 1.807) is 18.2 Å². The molecule has 1 atom stereocenters. The van der Waals surface area contributed by atoms with Crippen molar-refractivity contribution in [3.63, 3.8) is 0 Å². The number of hydrogen-bond donors (Lipinski definition) is 2. The van der Waals surface area contributed by atoms with Crippen molar-refractivity contribution in [2.24, 2.45) is 5.73 Å². The van der Waals surface area contributed by atoms with Crippen LogP contribution in [0.15, 0.2) is 42.5 Å². The quantitative estimate of drug-likeness (QED) is 0.820. The number of anilines is 1. The molecule has 3 rings (SSSR count). The molecule has 2 amide bonds. The molecule has 0 heterocycles. The zero-order valence-electron chi connectivity index (χ0n) is 15.6. The van der Waals surface area contributed by atoms with Crippen molar-refractivity contribution >= 4 is 17.5 Å². The molecular formula is C21H24N2O4. The van der Waals surface area contributed by atoms with Gasteiger partial charge in [-0.2, -0.15) is 0 Å². The zero-order chi connectivity index (χ0) is 19.4. The van der Waals surface area contributed by atoms with Crippen LogP contribution < -0.4 is 20.5 Å². The van der Waals surface area contributed by atoms with E-state index in [9.17, 15) is 9.59 Å². The number of ether oxygens (including phenoxy) is 2. The Labute approximate surface area is 158 Å². The Morgan fingerprint density at radius 3 is 2.70 bits per heavy atom. The number of methoxy groups -OCH3 is 1. The molecule has 2 aromatic carbocycles. The maximum Gasteiger partial charge on any atom is 0.255 e. The highest BCUT2D eigenvalue weighted by atomic mass is 16.5. The molecule has 0 aliphatic heterocycles. The van der Waals surface area contributed by atoms with Gasteiger partial charge in [-0.3, -0.25) is 9.59 Å². The molecule has 3 N–H and O–H groups in total. The smallest absolute Gasteiger partial charge is 0.255 e. The number of hydrogen-bond acceptors (Lipinski definition) is 4. The first-order valence-electron chi connectivity index (χ1n) is 8.93. The molecule has 0 bridgehead atoms. The number of primary amides is 1. The Morgan fingerprint density at radius 2 is 1.96 bits per heavy atom. The van der Waals surface area contributed by atoms with E-state index in [-0.39, 0.29) is 12.5 Å². The molecule has 142 valence electrons. The number of fused-ring (bicyclic) bond motifs is 1. The number of rotatable bonds is 6. The SMILES string of the molecule is COc1ccc(NC(=O)C2(C)CCCc3ccccc32)cc1OCC(N)=O. The summed E-state index contributed by atoms with van der Waals surface area (Å²) in [6.45, 7) is 1.72. The number of nitrogens with two attached hydrogens (primary N) is 1. The van der Waals surface area contributed by atoms with E-state index < -0.39 is 11.3 Å². The molecule has 6 heteroatoms. The summed E-state index contributed by atoms with van der Waals surface area (Å²) in [7, 11) is 1.50. The Bertz CT molecular complexity index is 865. The average molecular weight is 368 g/mol. The number of benzene rings is 2. The maximum absolute atomic E-state index is 13.1. The third-order valence-electron chi connectivity index (χ3n) is 5.03. The lowest BCUT2D eigenvalue weighted by Gasteiger charge is -2.34. The predicted molar refractivity (Wildman–Crippen MR) is 103 cm³/mol. The van der Waals surface area contributed by atoms with Gasteiger partial charge in [0.15, 0.2) is 18.1 Å². The van der Waals surface area contributed by atoms with Crippen molar-refractivity contribution in [1.82, 2.24) is 0 Å². The third-order valence-corrected chi connectivity index (χ3v) is 5.03. The standard InChI is InChI=1S/C21H24N2O4/c1-21(11-5-7-14-6-3-4-8-16(14)21)20(25)23-15-9-10-17(26-2)18(12-15)27-13-19(22)24/h3-4,6,8-10,12H,5,7,11,13H2,1-2H3,(H2,22,24)(H,23,25). The summed E-state index contributed by atoms with van der Waals surface area (Å²) in [5, 5.41) is 2.98. The summed E-state index contributed by atoms with van der Waals surface area (Å²) in [6, 6.07) is 13.2. The first kappa shape index (κ1) is 18.8. The van der Waals surface area contributed by atoms with Crippen LogP contribution in [-0.2, 0) is 21.4 Å². The van der Waals surface area contributed by atoms with E-state index in [0.29, 0.717) is 17.2 Å². The van der Waals surface area contributed by atoms with Gasteiger partial charge in [0.2, 0.25) is 5.91 Å². The van der Waals surface area contributed by atoms with Crippen molar-refractivity contribution in [1.29, 1.82) is 0 Å². The van der Waals surface area contributed by atoms with Crippen LogP contribution in [0, 0.1) is 0 Å². The fourth-order valence-corrected chi connectivity index (χ4v) is 3.56. The van der Waals surface area contributed by atoms with Crippen LogP contribution in [0.4, 0.5) is 5.69 Å². The van der Waals surface area contributed by atoms with Crippen molar-refractivity contribution < 1.29 is 19.1 Å². The van der Waals surface area contributed by atoms with Crippen LogP contribution in [0.2, 0.25) is 0 Å². The lowest BCUT2D eigenvalue weighted by atomic mass is 9.70. The summed E-state index contributed by atoms with van der Waals surface area (Å²) in [4.78, 5) is 24.1. The zero-order valence-corrected chi connectivity index (χ0v) is 15.6. The Hall–Kier alpha value is -3.02. The van der Waals surface area contributed by atoms with Gasteiger partial charge >= 0.3 is 0 Å². The van der Waals surface area contributed by atoms with Crippen molar-refractivity contribution in [3.8, 4) is 11.5 Å². The molecule has 1 unspecified atom stereocenters. The number of aryl methyl sites for hydroxylation is 1. The lowest BCUT2D eigenvalue weighted by molar-refractivity contribution is -0.121. The first-order valence-corrected chi connectivity index (χ1v) is 8.93. The van der Waals surface area contributed by atoms with Crippen LogP contribution in [0.5, 0.6) is 11.5 Å². The van der Waals surface area contributed by atoms with E-state index >= 15 is 0 Å². The molecular weight excluding hydrogens is 344 g/mol. The molecule has 0 saturated carbocycles.